The lowest BCUT2D eigenvalue weighted by molar-refractivity contribution is -0.896. The lowest BCUT2D eigenvalue weighted by atomic mass is 9.98. The number of hydrogen-bond acceptors (Lipinski definition) is 0. The molecule has 1 heteroatoms. The molecular weight excluding hydrogens is 278 g/mol. The molecule has 0 saturated carbocycles. The number of rotatable bonds is 17. The fourth-order valence-electron chi connectivity index (χ4n) is 3.59. The highest BCUT2D eigenvalue weighted by atomic mass is 15.3. The standard InChI is InChI=1S/C22H48N/c1-6-8-10-12-14-16-18-20-22(23(3,4)5)21-19-17-15-13-11-9-7-2/h22H,6-21H2,1-5H3/q+1. The van der Waals surface area contributed by atoms with Crippen molar-refractivity contribution >= 4 is 0 Å². The Labute approximate surface area is 148 Å². The molecule has 0 aromatic rings. The summed E-state index contributed by atoms with van der Waals surface area (Å²) >= 11 is 0. The Morgan fingerprint density at radius 1 is 0.478 bits per heavy atom. The van der Waals surface area contributed by atoms with Crippen molar-refractivity contribution < 1.29 is 4.48 Å². The van der Waals surface area contributed by atoms with Gasteiger partial charge in [-0.2, -0.15) is 0 Å². The van der Waals surface area contributed by atoms with Gasteiger partial charge in [0.2, 0.25) is 0 Å². The van der Waals surface area contributed by atoms with Gasteiger partial charge in [0.25, 0.3) is 0 Å². The highest BCUT2D eigenvalue weighted by molar-refractivity contribution is 4.60. The zero-order chi connectivity index (χ0) is 17.4. The molecule has 0 N–H and O–H groups in total. The number of hydrogen-bond donors (Lipinski definition) is 0. The summed E-state index contributed by atoms with van der Waals surface area (Å²) in [5.41, 5.74) is 0. The quantitative estimate of drug-likeness (QED) is 0.194. The minimum Gasteiger partial charge on any atom is -0.328 e. The van der Waals surface area contributed by atoms with Gasteiger partial charge in [0.1, 0.15) is 0 Å². The predicted molar refractivity (Wildman–Crippen MR) is 107 cm³/mol. The van der Waals surface area contributed by atoms with Crippen molar-refractivity contribution in [1.82, 2.24) is 0 Å². The average Bonchev–Trinajstić information content (AvgIpc) is 2.50. The molecule has 0 bridgehead atoms. The van der Waals surface area contributed by atoms with Gasteiger partial charge in [-0.25, -0.2) is 0 Å². The van der Waals surface area contributed by atoms with Gasteiger partial charge in [-0.3, -0.25) is 0 Å². The molecule has 0 aliphatic carbocycles. The molecule has 140 valence electrons. The largest absolute Gasteiger partial charge is 0.328 e. The van der Waals surface area contributed by atoms with Crippen LogP contribution in [0.3, 0.4) is 0 Å². The van der Waals surface area contributed by atoms with Crippen molar-refractivity contribution in [2.45, 2.75) is 123 Å². The first kappa shape index (κ1) is 23.0. The molecule has 0 fully saturated rings. The van der Waals surface area contributed by atoms with E-state index in [2.05, 4.69) is 35.0 Å². The maximum absolute atomic E-state index is 2.40. The zero-order valence-electron chi connectivity index (χ0n) is 17.3. The van der Waals surface area contributed by atoms with E-state index >= 15 is 0 Å². The normalized spacial score (nSPS) is 12.3. The highest BCUT2D eigenvalue weighted by Gasteiger charge is 2.22. The third-order valence-electron chi connectivity index (χ3n) is 5.38. The van der Waals surface area contributed by atoms with Gasteiger partial charge in [0.15, 0.2) is 0 Å². The molecule has 0 aromatic carbocycles. The van der Waals surface area contributed by atoms with Crippen LogP contribution in [0.15, 0.2) is 0 Å². The second-order valence-corrected chi connectivity index (χ2v) is 8.59. The van der Waals surface area contributed by atoms with Crippen molar-refractivity contribution in [3.8, 4) is 0 Å². The van der Waals surface area contributed by atoms with Crippen LogP contribution in [0.25, 0.3) is 0 Å². The zero-order valence-corrected chi connectivity index (χ0v) is 17.3. The first-order valence-corrected chi connectivity index (χ1v) is 10.8. The third-order valence-corrected chi connectivity index (χ3v) is 5.38. The van der Waals surface area contributed by atoms with Crippen LogP contribution in [-0.4, -0.2) is 31.7 Å². The summed E-state index contributed by atoms with van der Waals surface area (Å²) in [6.45, 7) is 4.60. The van der Waals surface area contributed by atoms with Gasteiger partial charge >= 0.3 is 0 Å². The molecule has 23 heavy (non-hydrogen) atoms. The van der Waals surface area contributed by atoms with Crippen LogP contribution in [0.5, 0.6) is 0 Å². The van der Waals surface area contributed by atoms with E-state index in [9.17, 15) is 0 Å². The van der Waals surface area contributed by atoms with Gasteiger partial charge < -0.3 is 4.48 Å². The van der Waals surface area contributed by atoms with Gasteiger partial charge in [0.05, 0.1) is 27.2 Å². The molecule has 0 amide bonds. The van der Waals surface area contributed by atoms with E-state index in [4.69, 9.17) is 0 Å². The van der Waals surface area contributed by atoms with Crippen LogP contribution < -0.4 is 0 Å². The Balaban J connectivity index is 3.70. The lowest BCUT2D eigenvalue weighted by Crippen LogP contribution is -2.45. The fraction of sp³-hybridized carbons (Fsp3) is 1.00. The van der Waals surface area contributed by atoms with Crippen molar-refractivity contribution in [1.29, 1.82) is 0 Å². The SMILES string of the molecule is CCCCCCCCCC(CCCCCCCCC)[N+](C)(C)C. The molecule has 0 aliphatic heterocycles. The highest BCUT2D eigenvalue weighted by Crippen LogP contribution is 2.20. The predicted octanol–water partition coefficient (Wildman–Crippen LogP) is 7.34. The molecule has 0 unspecified atom stereocenters. The van der Waals surface area contributed by atoms with E-state index < -0.39 is 0 Å². The molecule has 1 nitrogen and oxygen atoms in total. The van der Waals surface area contributed by atoms with Crippen LogP contribution in [-0.2, 0) is 0 Å². The summed E-state index contributed by atoms with van der Waals surface area (Å²) in [4.78, 5) is 0. The minimum absolute atomic E-state index is 0.876. The molecule has 0 heterocycles. The van der Waals surface area contributed by atoms with Crippen molar-refractivity contribution in [3.63, 3.8) is 0 Å². The Hall–Kier alpha value is -0.0400. The molecule has 0 rings (SSSR count). The summed E-state index contributed by atoms with van der Waals surface area (Å²) in [5, 5.41) is 0. The van der Waals surface area contributed by atoms with Crippen LogP contribution in [0.2, 0.25) is 0 Å². The van der Waals surface area contributed by atoms with Crippen LogP contribution >= 0.6 is 0 Å². The summed E-state index contributed by atoms with van der Waals surface area (Å²) in [7, 11) is 7.19. The second-order valence-electron chi connectivity index (χ2n) is 8.59. The monoisotopic (exact) mass is 326 g/mol. The Morgan fingerprint density at radius 2 is 0.783 bits per heavy atom. The summed E-state index contributed by atoms with van der Waals surface area (Å²) < 4.78 is 1.16. The molecule has 0 saturated heterocycles. The van der Waals surface area contributed by atoms with E-state index in [0.29, 0.717) is 0 Å². The van der Waals surface area contributed by atoms with Gasteiger partial charge in [0, 0.05) is 0 Å². The number of nitrogens with zero attached hydrogens (tertiary/aromatic N) is 1. The van der Waals surface area contributed by atoms with E-state index in [-0.39, 0.29) is 0 Å². The van der Waals surface area contributed by atoms with E-state index in [1.807, 2.05) is 0 Å². The second kappa shape index (κ2) is 15.5. The summed E-state index contributed by atoms with van der Waals surface area (Å²) in [5.74, 6) is 0. The van der Waals surface area contributed by atoms with Gasteiger partial charge in [-0.15, -0.1) is 0 Å². The van der Waals surface area contributed by atoms with Crippen LogP contribution in [0.1, 0.15) is 117 Å². The fourth-order valence-corrected chi connectivity index (χ4v) is 3.59. The van der Waals surface area contributed by atoms with E-state index in [1.54, 1.807) is 0 Å². The summed E-state index contributed by atoms with van der Waals surface area (Å²) in [6, 6.07) is 0.876. The van der Waals surface area contributed by atoms with Crippen LogP contribution in [0.4, 0.5) is 0 Å². The number of unbranched alkanes of at least 4 members (excludes halogenated alkanes) is 12. The molecule has 0 atom stereocenters. The first-order valence-electron chi connectivity index (χ1n) is 10.8. The van der Waals surface area contributed by atoms with Crippen LogP contribution in [0, 0.1) is 0 Å². The van der Waals surface area contributed by atoms with E-state index in [1.165, 1.54) is 103 Å². The topological polar surface area (TPSA) is 0 Å². The van der Waals surface area contributed by atoms with E-state index in [0.717, 1.165) is 10.5 Å². The Kier molecular flexibility index (Phi) is 15.5. The smallest absolute Gasteiger partial charge is 0.0884 e. The molecule has 0 radical (unpaired) electrons. The Bertz CT molecular complexity index is 211. The maximum atomic E-state index is 2.40. The number of quaternary nitrogens is 1. The maximum Gasteiger partial charge on any atom is 0.0884 e. The van der Waals surface area contributed by atoms with Crippen molar-refractivity contribution in [2.75, 3.05) is 21.1 Å². The average molecular weight is 327 g/mol. The summed E-state index contributed by atoms with van der Waals surface area (Å²) in [6.07, 6.45) is 23.0. The molecule has 0 aliphatic rings. The minimum atomic E-state index is 0.876. The Morgan fingerprint density at radius 3 is 1.09 bits per heavy atom. The molecule has 0 spiro atoms. The van der Waals surface area contributed by atoms with Gasteiger partial charge in [-0.1, -0.05) is 90.9 Å². The third kappa shape index (κ3) is 15.2. The first-order chi connectivity index (χ1) is 11.0. The van der Waals surface area contributed by atoms with Crippen molar-refractivity contribution in [3.05, 3.63) is 0 Å². The molecule has 0 aromatic heterocycles. The van der Waals surface area contributed by atoms with Gasteiger partial charge in [-0.05, 0) is 25.7 Å². The molecular formula is C22H48N+. The lowest BCUT2D eigenvalue weighted by Gasteiger charge is -2.34. The van der Waals surface area contributed by atoms with Crippen molar-refractivity contribution in [2.24, 2.45) is 0 Å².